The second kappa shape index (κ2) is 11.3. The van der Waals surface area contributed by atoms with Gasteiger partial charge < -0.3 is 9.84 Å². The zero-order valence-corrected chi connectivity index (χ0v) is 15.8. The van der Waals surface area contributed by atoms with Crippen LogP contribution in [0.4, 0.5) is 0 Å². The molecule has 0 heterocycles. The summed E-state index contributed by atoms with van der Waals surface area (Å²) < 4.78 is 5.16. The lowest BCUT2D eigenvalue weighted by Crippen LogP contribution is -2.36. The van der Waals surface area contributed by atoms with Crippen LogP contribution >= 0.6 is 11.6 Å². The van der Waals surface area contributed by atoms with Gasteiger partial charge in [-0.2, -0.15) is 0 Å². The van der Waals surface area contributed by atoms with Gasteiger partial charge in [0.2, 0.25) is 0 Å². The molecule has 4 nitrogen and oxygen atoms in total. The summed E-state index contributed by atoms with van der Waals surface area (Å²) >= 11 is 6.19. The maximum atomic E-state index is 10.5. The monoisotopic (exact) mass is 355 g/mol. The van der Waals surface area contributed by atoms with E-state index in [4.69, 9.17) is 21.4 Å². The Bertz CT molecular complexity index is 501. The van der Waals surface area contributed by atoms with Crippen LogP contribution in [0.15, 0.2) is 18.2 Å². The van der Waals surface area contributed by atoms with Gasteiger partial charge in [-0.15, -0.1) is 0 Å². The number of aliphatic carboxylic acids is 1. The molecule has 1 aliphatic rings. The SMILES string of the molecule is CC.CCN(Cc1ccc(OCC(=O)O)c(Cl)c1)C1CCCCC1. The van der Waals surface area contributed by atoms with Crippen molar-refractivity contribution in [2.24, 2.45) is 0 Å². The Balaban J connectivity index is 0.00000139. The average Bonchev–Trinajstić information content (AvgIpc) is 2.61. The van der Waals surface area contributed by atoms with Gasteiger partial charge in [0.25, 0.3) is 0 Å². The largest absolute Gasteiger partial charge is 0.480 e. The van der Waals surface area contributed by atoms with E-state index in [1.807, 2.05) is 26.0 Å². The van der Waals surface area contributed by atoms with Crippen molar-refractivity contribution >= 4 is 17.6 Å². The van der Waals surface area contributed by atoms with Crippen LogP contribution < -0.4 is 4.74 Å². The van der Waals surface area contributed by atoms with E-state index in [0.717, 1.165) is 18.7 Å². The van der Waals surface area contributed by atoms with Crippen LogP contribution in [0.25, 0.3) is 0 Å². The first kappa shape index (κ1) is 20.8. The second-order valence-electron chi connectivity index (χ2n) is 5.80. The van der Waals surface area contributed by atoms with E-state index < -0.39 is 5.97 Å². The molecule has 0 atom stereocenters. The van der Waals surface area contributed by atoms with Gasteiger partial charge >= 0.3 is 5.97 Å². The van der Waals surface area contributed by atoms with Gasteiger partial charge in [-0.25, -0.2) is 4.79 Å². The van der Waals surface area contributed by atoms with Crippen LogP contribution in [-0.2, 0) is 11.3 Å². The number of nitrogens with zero attached hydrogens (tertiary/aromatic N) is 1. The molecule has 1 aromatic rings. The predicted octanol–water partition coefficient (Wildman–Crippen LogP) is 4.98. The first-order chi connectivity index (χ1) is 11.6. The van der Waals surface area contributed by atoms with Crippen molar-refractivity contribution in [3.05, 3.63) is 28.8 Å². The highest BCUT2D eigenvalue weighted by atomic mass is 35.5. The highest BCUT2D eigenvalue weighted by Gasteiger charge is 2.20. The van der Waals surface area contributed by atoms with Crippen molar-refractivity contribution in [1.82, 2.24) is 4.90 Å². The van der Waals surface area contributed by atoms with Crippen molar-refractivity contribution in [3.63, 3.8) is 0 Å². The zero-order valence-electron chi connectivity index (χ0n) is 15.1. The number of halogens is 1. The van der Waals surface area contributed by atoms with Crippen molar-refractivity contribution in [3.8, 4) is 5.75 Å². The van der Waals surface area contributed by atoms with Gasteiger partial charge in [-0.05, 0) is 37.1 Å². The number of hydrogen-bond donors (Lipinski definition) is 1. The van der Waals surface area contributed by atoms with Gasteiger partial charge in [-0.3, -0.25) is 4.90 Å². The minimum Gasteiger partial charge on any atom is -0.480 e. The molecular weight excluding hydrogens is 326 g/mol. The van der Waals surface area contributed by atoms with Crippen molar-refractivity contribution in [2.75, 3.05) is 13.2 Å². The third-order valence-electron chi connectivity index (χ3n) is 4.23. The molecule has 0 spiro atoms. The summed E-state index contributed by atoms with van der Waals surface area (Å²) in [6.45, 7) is 7.72. The predicted molar refractivity (Wildman–Crippen MR) is 98.9 cm³/mol. The van der Waals surface area contributed by atoms with E-state index in [2.05, 4.69) is 11.8 Å². The first-order valence-electron chi connectivity index (χ1n) is 8.97. The molecule has 1 saturated carbocycles. The van der Waals surface area contributed by atoms with Crippen LogP contribution in [-0.4, -0.2) is 35.2 Å². The molecular formula is C19H30ClNO3. The summed E-state index contributed by atoms with van der Waals surface area (Å²) in [4.78, 5) is 13.0. The minimum absolute atomic E-state index is 0.373. The molecule has 2 rings (SSSR count). The fraction of sp³-hybridized carbons (Fsp3) is 0.632. The van der Waals surface area contributed by atoms with E-state index in [1.165, 1.54) is 32.1 Å². The van der Waals surface area contributed by atoms with Gasteiger partial charge in [0.15, 0.2) is 6.61 Å². The van der Waals surface area contributed by atoms with Gasteiger partial charge in [0, 0.05) is 12.6 Å². The molecule has 1 aromatic carbocycles. The fourth-order valence-corrected chi connectivity index (χ4v) is 3.34. The standard InChI is InChI=1S/C17H24ClNO3.C2H6/c1-2-19(14-6-4-3-5-7-14)11-13-8-9-16(15(18)10-13)22-12-17(20)21;1-2/h8-10,14H,2-7,11-12H2,1H3,(H,20,21);1-2H3. The number of ether oxygens (including phenoxy) is 1. The Labute approximate surface area is 150 Å². The molecule has 24 heavy (non-hydrogen) atoms. The number of rotatable bonds is 7. The topological polar surface area (TPSA) is 49.8 Å². The van der Waals surface area contributed by atoms with E-state index >= 15 is 0 Å². The Morgan fingerprint density at radius 1 is 1.29 bits per heavy atom. The molecule has 0 radical (unpaired) electrons. The number of carbonyl (C=O) groups is 1. The third kappa shape index (κ3) is 6.70. The highest BCUT2D eigenvalue weighted by Crippen LogP contribution is 2.28. The Hall–Kier alpha value is -1.26. The van der Waals surface area contributed by atoms with E-state index in [1.54, 1.807) is 6.07 Å². The van der Waals surface area contributed by atoms with Gasteiger partial charge in [0.05, 0.1) is 5.02 Å². The normalized spacial score (nSPS) is 14.9. The van der Waals surface area contributed by atoms with Crippen LogP contribution in [0.3, 0.4) is 0 Å². The Morgan fingerprint density at radius 2 is 1.96 bits per heavy atom. The molecule has 0 aromatic heterocycles. The first-order valence-corrected chi connectivity index (χ1v) is 9.35. The van der Waals surface area contributed by atoms with Crippen LogP contribution in [0, 0.1) is 0 Å². The smallest absolute Gasteiger partial charge is 0.341 e. The van der Waals surface area contributed by atoms with Crippen LogP contribution in [0.2, 0.25) is 5.02 Å². The van der Waals surface area contributed by atoms with Gasteiger partial charge in [0.1, 0.15) is 5.75 Å². The average molecular weight is 356 g/mol. The van der Waals surface area contributed by atoms with Crippen LogP contribution in [0.1, 0.15) is 58.4 Å². The fourth-order valence-electron chi connectivity index (χ4n) is 3.08. The molecule has 136 valence electrons. The molecule has 0 bridgehead atoms. The quantitative estimate of drug-likeness (QED) is 0.749. The van der Waals surface area contributed by atoms with Gasteiger partial charge in [-0.1, -0.05) is 57.7 Å². The van der Waals surface area contributed by atoms with Crippen molar-refractivity contribution < 1.29 is 14.6 Å². The Kier molecular flexibility index (Phi) is 9.80. The second-order valence-corrected chi connectivity index (χ2v) is 6.21. The lowest BCUT2D eigenvalue weighted by Gasteiger charge is -2.33. The van der Waals surface area contributed by atoms with E-state index in [-0.39, 0.29) is 6.61 Å². The Morgan fingerprint density at radius 3 is 2.50 bits per heavy atom. The van der Waals surface area contributed by atoms with Crippen molar-refractivity contribution in [1.29, 1.82) is 0 Å². The molecule has 1 fully saturated rings. The third-order valence-corrected chi connectivity index (χ3v) is 4.53. The summed E-state index contributed by atoms with van der Waals surface area (Å²) in [6.07, 6.45) is 6.56. The minimum atomic E-state index is -1.01. The number of hydrogen-bond acceptors (Lipinski definition) is 3. The van der Waals surface area contributed by atoms with E-state index in [9.17, 15) is 4.79 Å². The zero-order chi connectivity index (χ0) is 17.9. The molecule has 1 aliphatic carbocycles. The molecule has 0 saturated heterocycles. The molecule has 5 heteroatoms. The summed E-state index contributed by atoms with van der Waals surface area (Å²) in [7, 11) is 0. The van der Waals surface area contributed by atoms with E-state index in [0.29, 0.717) is 16.8 Å². The lowest BCUT2D eigenvalue weighted by molar-refractivity contribution is -0.139. The maximum Gasteiger partial charge on any atom is 0.341 e. The van der Waals surface area contributed by atoms with Crippen molar-refractivity contribution in [2.45, 2.75) is 65.5 Å². The summed E-state index contributed by atoms with van der Waals surface area (Å²) in [5, 5.41) is 9.11. The molecule has 0 amide bonds. The summed E-state index contributed by atoms with van der Waals surface area (Å²) in [6, 6.07) is 6.27. The van der Waals surface area contributed by atoms with Crippen LogP contribution in [0.5, 0.6) is 5.75 Å². The molecule has 0 unspecified atom stereocenters. The summed E-state index contributed by atoms with van der Waals surface area (Å²) in [5.41, 5.74) is 1.14. The maximum absolute atomic E-state index is 10.5. The highest BCUT2D eigenvalue weighted by molar-refractivity contribution is 6.32. The lowest BCUT2D eigenvalue weighted by atomic mass is 9.94. The number of carboxylic acids is 1. The number of carboxylic acid groups (broad SMARTS) is 1. The molecule has 1 N–H and O–H groups in total. The molecule has 0 aliphatic heterocycles. The summed E-state index contributed by atoms with van der Waals surface area (Å²) in [5.74, 6) is -0.580. The number of benzene rings is 1.